The van der Waals surface area contributed by atoms with E-state index >= 15 is 0 Å². The Morgan fingerprint density at radius 2 is 1.74 bits per heavy atom. The molecule has 1 aliphatic carbocycles. The van der Waals surface area contributed by atoms with Crippen molar-refractivity contribution in [1.29, 1.82) is 0 Å². The van der Waals surface area contributed by atoms with Crippen LogP contribution in [-0.2, 0) is 16.0 Å². The van der Waals surface area contributed by atoms with Gasteiger partial charge in [-0.2, -0.15) is 0 Å². The Morgan fingerprint density at radius 1 is 0.963 bits per heavy atom. The van der Waals surface area contributed by atoms with E-state index < -0.39 is 0 Å². The number of cyclic esters (lactones) is 1. The minimum Gasteiger partial charge on any atom is -0.493 e. The highest BCUT2D eigenvalue weighted by Crippen LogP contribution is 2.51. The third-order valence-electron chi connectivity index (χ3n) is 5.80. The third-order valence-corrected chi connectivity index (χ3v) is 5.80. The second-order valence-corrected chi connectivity index (χ2v) is 7.12. The summed E-state index contributed by atoms with van der Waals surface area (Å²) < 4.78 is 27.4. The normalized spacial score (nSPS) is 24.8. The Hall–Kier alpha value is -2.89. The minimum atomic E-state index is -0.212. The Kier molecular flexibility index (Phi) is 3.67. The van der Waals surface area contributed by atoms with Crippen LogP contribution >= 0.6 is 0 Å². The first kappa shape index (κ1) is 16.3. The van der Waals surface area contributed by atoms with Crippen molar-refractivity contribution >= 4 is 5.97 Å². The van der Waals surface area contributed by atoms with Crippen LogP contribution in [0.4, 0.5) is 0 Å². The van der Waals surface area contributed by atoms with Crippen molar-refractivity contribution < 1.29 is 28.5 Å². The molecule has 1 fully saturated rings. The lowest BCUT2D eigenvalue weighted by atomic mass is 9.67. The maximum absolute atomic E-state index is 12.6. The zero-order valence-electron chi connectivity index (χ0n) is 15.2. The lowest BCUT2D eigenvalue weighted by Gasteiger charge is -2.33. The second kappa shape index (κ2) is 6.08. The largest absolute Gasteiger partial charge is 0.493 e. The number of benzene rings is 2. The molecule has 0 saturated carbocycles. The topological polar surface area (TPSA) is 63.2 Å². The summed E-state index contributed by atoms with van der Waals surface area (Å²) >= 11 is 0. The van der Waals surface area contributed by atoms with E-state index in [0.717, 1.165) is 29.0 Å². The maximum atomic E-state index is 12.6. The Morgan fingerprint density at radius 3 is 2.52 bits per heavy atom. The van der Waals surface area contributed by atoms with Crippen molar-refractivity contribution in [2.24, 2.45) is 11.8 Å². The molecule has 0 amide bonds. The SMILES string of the molecule is COc1ccc([C@@H]2c3cc4c(cc3C[C@H]3COC(=O)C32)OCO4)cc1OC. The van der Waals surface area contributed by atoms with Crippen molar-refractivity contribution in [1.82, 2.24) is 0 Å². The van der Waals surface area contributed by atoms with E-state index in [1.54, 1.807) is 14.2 Å². The lowest BCUT2D eigenvalue weighted by Crippen LogP contribution is -2.31. The van der Waals surface area contributed by atoms with Crippen molar-refractivity contribution in [3.8, 4) is 23.0 Å². The number of ether oxygens (including phenoxy) is 5. The molecule has 5 rings (SSSR count). The van der Waals surface area contributed by atoms with E-state index in [0.29, 0.717) is 18.1 Å². The molecular weight excluding hydrogens is 348 g/mol. The molecule has 0 spiro atoms. The van der Waals surface area contributed by atoms with E-state index in [4.69, 9.17) is 23.7 Å². The molecule has 2 aliphatic heterocycles. The highest BCUT2D eigenvalue weighted by molar-refractivity contribution is 5.78. The van der Waals surface area contributed by atoms with Crippen LogP contribution in [-0.4, -0.2) is 33.6 Å². The van der Waals surface area contributed by atoms with Crippen molar-refractivity contribution in [2.45, 2.75) is 12.3 Å². The number of hydrogen-bond donors (Lipinski definition) is 0. The Balaban J connectivity index is 1.68. The van der Waals surface area contributed by atoms with Gasteiger partial charge in [-0.25, -0.2) is 0 Å². The van der Waals surface area contributed by atoms with Gasteiger partial charge in [0.05, 0.1) is 26.7 Å². The molecule has 0 bridgehead atoms. The number of rotatable bonds is 3. The molecule has 6 nitrogen and oxygen atoms in total. The summed E-state index contributed by atoms with van der Waals surface area (Å²) in [5.74, 6) is 2.48. The average Bonchev–Trinajstić information content (AvgIpc) is 3.30. The van der Waals surface area contributed by atoms with Crippen molar-refractivity contribution in [2.75, 3.05) is 27.6 Å². The predicted octanol–water partition coefficient (Wildman–Crippen LogP) is 2.91. The fourth-order valence-electron chi connectivity index (χ4n) is 4.55. The number of carbonyl (C=O) groups is 1. The predicted molar refractivity (Wildman–Crippen MR) is 95.6 cm³/mol. The molecule has 6 heteroatoms. The van der Waals surface area contributed by atoms with Gasteiger partial charge in [-0.3, -0.25) is 4.79 Å². The van der Waals surface area contributed by atoms with Crippen LogP contribution in [0, 0.1) is 11.8 Å². The van der Waals surface area contributed by atoms with Gasteiger partial charge in [-0.05, 0) is 47.4 Å². The molecule has 2 aromatic rings. The van der Waals surface area contributed by atoms with Gasteiger partial charge in [0.15, 0.2) is 23.0 Å². The molecule has 1 unspecified atom stereocenters. The second-order valence-electron chi connectivity index (χ2n) is 7.12. The summed E-state index contributed by atoms with van der Waals surface area (Å²) in [4.78, 5) is 12.6. The summed E-state index contributed by atoms with van der Waals surface area (Å²) in [7, 11) is 3.22. The van der Waals surface area contributed by atoms with Crippen LogP contribution in [0.1, 0.15) is 22.6 Å². The highest BCUT2D eigenvalue weighted by Gasteiger charge is 2.48. The van der Waals surface area contributed by atoms with Gasteiger partial charge in [0.1, 0.15) is 0 Å². The van der Waals surface area contributed by atoms with Crippen LogP contribution in [0.5, 0.6) is 23.0 Å². The molecule has 27 heavy (non-hydrogen) atoms. The van der Waals surface area contributed by atoms with Crippen LogP contribution in [0.2, 0.25) is 0 Å². The van der Waals surface area contributed by atoms with Crippen LogP contribution in [0.15, 0.2) is 30.3 Å². The third kappa shape index (κ3) is 2.43. The summed E-state index contributed by atoms with van der Waals surface area (Å²) in [5.41, 5.74) is 3.27. The van der Waals surface area contributed by atoms with Gasteiger partial charge < -0.3 is 23.7 Å². The Bertz CT molecular complexity index is 921. The fraction of sp³-hybridized carbons (Fsp3) is 0.381. The standard InChI is InChI=1S/C21H20O6/c1-23-15-4-3-11(6-16(15)24-2)19-14-8-18-17(26-10-27-18)7-12(14)5-13-9-25-21(22)20(13)19/h3-4,6-8,13,19-20H,5,9-10H2,1-2H3/t13-,19+,20?/m0/s1. The number of hydrogen-bond acceptors (Lipinski definition) is 6. The molecule has 0 aromatic heterocycles. The summed E-state index contributed by atoms with van der Waals surface area (Å²) in [6.07, 6.45) is 0.798. The van der Waals surface area contributed by atoms with Crippen LogP contribution in [0.3, 0.4) is 0 Å². The van der Waals surface area contributed by atoms with Crippen LogP contribution in [0.25, 0.3) is 0 Å². The lowest BCUT2D eigenvalue weighted by molar-refractivity contribution is -0.141. The first-order valence-corrected chi connectivity index (χ1v) is 9.00. The van der Waals surface area contributed by atoms with Crippen molar-refractivity contribution in [3.63, 3.8) is 0 Å². The summed E-state index contributed by atoms with van der Waals surface area (Å²) in [6.45, 7) is 0.690. The number of fused-ring (bicyclic) bond motifs is 3. The molecule has 3 aliphatic rings. The van der Waals surface area contributed by atoms with Gasteiger partial charge in [0, 0.05) is 11.8 Å². The van der Waals surface area contributed by atoms with Crippen LogP contribution < -0.4 is 18.9 Å². The first-order valence-electron chi connectivity index (χ1n) is 9.00. The smallest absolute Gasteiger partial charge is 0.310 e. The summed E-state index contributed by atoms with van der Waals surface area (Å²) in [5, 5.41) is 0. The van der Waals surface area contributed by atoms with Gasteiger partial charge >= 0.3 is 5.97 Å². The molecule has 0 radical (unpaired) electrons. The van der Waals surface area contributed by atoms with Gasteiger partial charge in [0.2, 0.25) is 6.79 Å². The minimum absolute atomic E-state index is 0.122. The molecular formula is C21H20O6. The quantitative estimate of drug-likeness (QED) is 0.777. The first-order chi connectivity index (χ1) is 13.2. The Labute approximate surface area is 156 Å². The fourth-order valence-corrected chi connectivity index (χ4v) is 4.55. The number of methoxy groups -OCH3 is 2. The van der Waals surface area contributed by atoms with E-state index in [2.05, 4.69) is 0 Å². The zero-order valence-corrected chi connectivity index (χ0v) is 15.2. The average molecular weight is 368 g/mol. The van der Waals surface area contributed by atoms with Gasteiger partial charge in [-0.1, -0.05) is 6.07 Å². The monoisotopic (exact) mass is 368 g/mol. The molecule has 0 N–H and O–H groups in total. The molecule has 2 aromatic carbocycles. The van der Waals surface area contributed by atoms with E-state index in [1.165, 1.54) is 5.56 Å². The zero-order chi connectivity index (χ0) is 18.5. The summed E-state index contributed by atoms with van der Waals surface area (Å²) in [6, 6.07) is 9.89. The van der Waals surface area contributed by atoms with E-state index in [-0.39, 0.29) is 30.5 Å². The number of esters is 1. The van der Waals surface area contributed by atoms with Gasteiger partial charge in [0.25, 0.3) is 0 Å². The molecule has 2 heterocycles. The molecule has 1 saturated heterocycles. The molecule has 140 valence electrons. The highest BCUT2D eigenvalue weighted by atomic mass is 16.7. The number of carbonyl (C=O) groups excluding carboxylic acids is 1. The van der Waals surface area contributed by atoms with E-state index in [9.17, 15) is 4.79 Å². The van der Waals surface area contributed by atoms with Crippen molar-refractivity contribution in [3.05, 3.63) is 47.0 Å². The van der Waals surface area contributed by atoms with Gasteiger partial charge in [-0.15, -0.1) is 0 Å². The molecule has 3 atom stereocenters. The maximum Gasteiger partial charge on any atom is 0.310 e. The van der Waals surface area contributed by atoms with E-state index in [1.807, 2.05) is 30.3 Å².